The van der Waals surface area contributed by atoms with Crippen LogP contribution in [0.3, 0.4) is 0 Å². The second-order valence-corrected chi connectivity index (χ2v) is 7.92. The van der Waals surface area contributed by atoms with Gasteiger partial charge in [0.05, 0.1) is 10.5 Å². The molecule has 1 aliphatic heterocycles. The number of nitrogens with zero attached hydrogens (tertiary/aromatic N) is 2. The molecule has 1 fully saturated rings. The standard InChI is InChI=1S/C17H17F3N2O2S/c18-17(19,20)15-1-3-16(4-2-15)25(23,24)22-11-7-14(8-12-22)13-5-9-21-10-6-13/h1-6,9-10,14H,7-8,11-12H2. The molecule has 3 rings (SSSR count). The van der Waals surface area contributed by atoms with Crippen molar-refractivity contribution in [2.24, 2.45) is 0 Å². The first-order chi connectivity index (χ1) is 11.8. The van der Waals surface area contributed by atoms with E-state index in [2.05, 4.69) is 4.98 Å². The quantitative estimate of drug-likeness (QED) is 0.828. The Bertz CT molecular complexity index is 813. The lowest BCUT2D eigenvalue weighted by atomic mass is 9.91. The summed E-state index contributed by atoms with van der Waals surface area (Å²) in [7, 11) is -3.78. The van der Waals surface area contributed by atoms with Gasteiger partial charge in [-0.3, -0.25) is 4.98 Å². The van der Waals surface area contributed by atoms with Gasteiger partial charge in [-0.15, -0.1) is 0 Å². The molecule has 0 radical (unpaired) electrons. The highest BCUT2D eigenvalue weighted by Crippen LogP contribution is 2.32. The smallest absolute Gasteiger partial charge is 0.265 e. The number of alkyl halides is 3. The first-order valence-corrected chi connectivity index (χ1v) is 9.30. The number of hydrogen-bond donors (Lipinski definition) is 0. The predicted octanol–water partition coefficient (Wildman–Crippen LogP) is 3.67. The average Bonchev–Trinajstić information content (AvgIpc) is 2.62. The number of aromatic nitrogens is 1. The molecule has 0 amide bonds. The zero-order valence-corrected chi connectivity index (χ0v) is 14.1. The van der Waals surface area contributed by atoms with Crippen molar-refractivity contribution in [2.75, 3.05) is 13.1 Å². The van der Waals surface area contributed by atoms with Gasteiger partial charge in [-0.2, -0.15) is 17.5 Å². The number of rotatable bonds is 3. The molecule has 4 nitrogen and oxygen atoms in total. The van der Waals surface area contributed by atoms with Gasteiger partial charge < -0.3 is 0 Å². The molecule has 2 heterocycles. The van der Waals surface area contributed by atoms with Crippen LogP contribution in [0.5, 0.6) is 0 Å². The van der Waals surface area contributed by atoms with E-state index in [4.69, 9.17) is 0 Å². The number of pyridine rings is 1. The maximum absolute atomic E-state index is 12.6. The minimum Gasteiger partial charge on any atom is -0.265 e. The molecule has 0 atom stereocenters. The predicted molar refractivity (Wildman–Crippen MR) is 86.4 cm³/mol. The van der Waals surface area contributed by atoms with Crippen molar-refractivity contribution in [2.45, 2.75) is 29.8 Å². The van der Waals surface area contributed by atoms with Gasteiger partial charge in [0, 0.05) is 25.5 Å². The molecule has 0 aliphatic carbocycles. The third kappa shape index (κ3) is 3.85. The van der Waals surface area contributed by atoms with Crippen molar-refractivity contribution < 1.29 is 21.6 Å². The fourth-order valence-corrected chi connectivity index (χ4v) is 4.50. The molecule has 0 N–H and O–H groups in total. The highest BCUT2D eigenvalue weighted by atomic mass is 32.2. The highest BCUT2D eigenvalue weighted by molar-refractivity contribution is 7.89. The lowest BCUT2D eigenvalue weighted by Gasteiger charge is -2.31. The first-order valence-electron chi connectivity index (χ1n) is 7.86. The molecule has 8 heteroatoms. The summed E-state index contributed by atoms with van der Waals surface area (Å²) in [6, 6.07) is 7.49. The van der Waals surface area contributed by atoms with Crippen molar-refractivity contribution in [3.05, 3.63) is 59.9 Å². The lowest BCUT2D eigenvalue weighted by Crippen LogP contribution is -2.37. The molecule has 0 bridgehead atoms. The molecule has 0 unspecified atom stereocenters. The van der Waals surface area contributed by atoms with Crippen molar-refractivity contribution >= 4 is 10.0 Å². The molecule has 1 aromatic carbocycles. The lowest BCUT2D eigenvalue weighted by molar-refractivity contribution is -0.137. The number of hydrogen-bond acceptors (Lipinski definition) is 3. The van der Waals surface area contributed by atoms with Crippen LogP contribution >= 0.6 is 0 Å². The van der Waals surface area contributed by atoms with Gasteiger partial charge in [-0.25, -0.2) is 8.42 Å². The van der Waals surface area contributed by atoms with E-state index in [0.717, 1.165) is 29.8 Å². The van der Waals surface area contributed by atoms with Crippen molar-refractivity contribution in [1.82, 2.24) is 9.29 Å². The van der Waals surface area contributed by atoms with Crippen LogP contribution in [0.4, 0.5) is 13.2 Å². The Hall–Kier alpha value is -1.93. The van der Waals surface area contributed by atoms with E-state index in [9.17, 15) is 21.6 Å². The Kier molecular flexibility index (Phi) is 4.83. The van der Waals surface area contributed by atoms with Crippen LogP contribution in [0, 0.1) is 0 Å². The van der Waals surface area contributed by atoms with Gasteiger partial charge in [-0.05, 0) is 60.7 Å². The topological polar surface area (TPSA) is 50.3 Å². The summed E-state index contributed by atoms with van der Waals surface area (Å²) in [5.41, 5.74) is 0.268. The summed E-state index contributed by atoms with van der Waals surface area (Å²) in [5.74, 6) is 0.266. The van der Waals surface area contributed by atoms with Crippen LogP contribution < -0.4 is 0 Å². The molecule has 1 aliphatic rings. The summed E-state index contributed by atoms with van der Waals surface area (Å²) in [6.45, 7) is 0.687. The Balaban J connectivity index is 1.72. The zero-order valence-electron chi connectivity index (χ0n) is 13.3. The Morgan fingerprint density at radius 3 is 2.04 bits per heavy atom. The summed E-state index contributed by atoms with van der Waals surface area (Å²) >= 11 is 0. The largest absolute Gasteiger partial charge is 0.416 e. The van der Waals surface area contributed by atoms with Gasteiger partial charge >= 0.3 is 6.18 Å². The van der Waals surface area contributed by atoms with E-state index >= 15 is 0 Å². The molecule has 0 saturated carbocycles. The average molecular weight is 370 g/mol. The molecular weight excluding hydrogens is 353 g/mol. The first kappa shape index (κ1) is 17.9. The van der Waals surface area contributed by atoms with Gasteiger partial charge in [0.25, 0.3) is 0 Å². The van der Waals surface area contributed by atoms with Crippen molar-refractivity contribution in [3.8, 4) is 0 Å². The summed E-state index contributed by atoms with van der Waals surface area (Å²) in [6.07, 6.45) is 0.278. The summed E-state index contributed by atoms with van der Waals surface area (Å²) < 4.78 is 64.4. The van der Waals surface area contributed by atoms with Gasteiger partial charge in [0.1, 0.15) is 0 Å². The summed E-state index contributed by atoms with van der Waals surface area (Å²) in [5, 5.41) is 0. The SMILES string of the molecule is O=S(=O)(c1ccc(C(F)(F)F)cc1)N1CCC(c2ccncc2)CC1. The number of benzene rings is 1. The van der Waals surface area contributed by atoms with Crippen LogP contribution in [-0.4, -0.2) is 30.8 Å². The Morgan fingerprint density at radius 1 is 0.960 bits per heavy atom. The maximum Gasteiger partial charge on any atom is 0.416 e. The molecule has 2 aromatic rings. The van der Waals surface area contributed by atoms with E-state index in [1.165, 1.54) is 4.31 Å². The maximum atomic E-state index is 12.6. The van der Waals surface area contributed by atoms with Crippen molar-refractivity contribution in [3.63, 3.8) is 0 Å². The number of halogens is 3. The van der Waals surface area contributed by atoms with E-state index in [1.54, 1.807) is 12.4 Å². The molecular formula is C17H17F3N2O2S. The molecule has 25 heavy (non-hydrogen) atoms. The Morgan fingerprint density at radius 2 is 1.52 bits per heavy atom. The van der Waals surface area contributed by atoms with Crippen LogP contribution in [0.2, 0.25) is 0 Å². The van der Waals surface area contributed by atoms with Crippen LogP contribution in [0.1, 0.15) is 29.9 Å². The van der Waals surface area contributed by atoms with Gasteiger partial charge in [0.15, 0.2) is 0 Å². The van der Waals surface area contributed by atoms with Crippen LogP contribution in [0.25, 0.3) is 0 Å². The normalized spacial score (nSPS) is 17.6. The fourth-order valence-electron chi connectivity index (χ4n) is 3.03. The van der Waals surface area contributed by atoms with E-state index < -0.39 is 21.8 Å². The minimum atomic E-state index is -4.48. The highest BCUT2D eigenvalue weighted by Gasteiger charge is 2.33. The van der Waals surface area contributed by atoms with E-state index in [0.29, 0.717) is 25.9 Å². The van der Waals surface area contributed by atoms with Crippen molar-refractivity contribution in [1.29, 1.82) is 0 Å². The number of sulfonamides is 1. The monoisotopic (exact) mass is 370 g/mol. The van der Waals surface area contributed by atoms with Crippen LogP contribution in [0.15, 0.2) is 53.7 Å². The van der Waals surface area contributed by atoms with Gasteiger partial charge in [-0.1, -0.05) is 0 Å². The zero-order chi connectivity index (χ0) is 18.1. The van der Waals surface area contributed by atoms with E-state index in [-0.39, 0.29) is 10.8 Å². The second kappa shape index (κ2) is 6.76. The third-order valence-electron chi connectivity index (χ3n) is 4.45. The molecule has 134 valence electrons. The Labute approximate surface area is 144 Å². The second-order valence-electron chi connectivity index (χ2n) is 5.98. The minimum absolute atomic E-state index is 0.108. The molecule has 0 spiro atoms. The summed E-state index contributed by atoms with van der Waals surface area (Å²) in [4.78, 5) is 3.86. The molecule has 1 aromatic heterocycles. The van der Waals surface area contributed by atoms with E-state index in [1.807, 2.05) is 12.1 Å². The van der Waals surface area contributed by atoms with Gasteiger partial charge in [0.2, 0.25) is 10.0 Å². The molecule has 1 saturated heterocycles. The number of piperidine rings is 1. The van der Waals surface area contributed by atoms with Crippen LogP contribution in [-0.2, 0) is 16.2 Å². The fraction of sp³-hybridized carbons (Fsp3) is 0.353. The third-order valence-corrected chi connectivity index (χ3v) is 6.36.